The molecule has 20 heavy (non-hydrogen) atoms. The molecule has 1 aliphatic rings. The maximum atomic E-state index is 10.4. The van der Waals surface area contributed by atoms with Crippen molar-refractivity contribution < 1.29 is 9.63 Å². The normalized spacial score (nSPS) is 21.2. The molecule has 0 aliphatic carbocycles. The first-order valence-electron chi connectivity index (χ1n) is 7.14. The molecule has 1 aliphatic heterocycles. The molecule has 1 aromatic carbocycles. The molecule has 1 N–H and O–H groups in total. The Bertz CT molecular complexity index is 553. The maximum absolute atomic E-state index is 10.4. The van der Waals surface area contributed by atoms with Crippen LogP contribution in [0.1, 0.15) is 42.0 Å². The third-order valence-corrected chi connectivity index (χ3v) is 3.94. The molecule has 0 amide bonds. The number of aliphatic hydroxyl groups is 1. The van der Waals surface area contributed by atoms with Crippen LogP contribution in [0.2, 0.25) is 0 Å². The summed E-state index contributed by atoms with van der Waals surface area (Å²) in [4.78, 5) is 2.30. The molecule has 1 aromatic heterocycles. The van der Waals surface area contributed by atoms with Crippen molar-refractivity contribution in [2.24, 2.45) is 0 Å². The molecule has 2 aromatic rings. The third-order valence-electron chi connectivity index (χ3n) is 3.94. The summed E-state index contributed by atoms with van der Waals surface area (Å²) in [6, 6.07) is 12.1. The van der Waals surface area contributed by atoms with Gasteiger partial charge >= 0.3 is 0 Å². The van der Waals surface area contributed by atoms with Gasteiger partial charge in [0.05, 0.1) is 12.1 Å². The fourth-order valence-electron chi connectivity index (χ4n) is 2.93. The van der Waals surface area contributed by atoms with Crippen LogP contribution >= 0.6 is 0 Å². The third kappa shape index (κ3) is 2.76. The van der Waals surface area contributed by atoms with Gasteiger partial charge in [0.25, 0.3) is 0 Å². The Balaban J connectivity index is 1.70. The highest BCUT2D eigenvalue weighted by Gasteiger charge is 2.29. The number of hydrogen-bond donors (Lipinski definition) is 1. The van der Waals surface area contributed by atoms with Crippen LogP contribution in [0.3, 0.4) is 0 Å². The van der Waals surface area contributed by atoms with E-state index >= 15 is 0 Å². The molecule has 0 saturated carbocycles. The van der Waals surface area contributed by atoms with E-state index in [0.717, 1.165) is 36.4 Å². The molecular formula is C16H20N2O2. The maximum Gasteiger partial charge on any atom is 0.133 e. The zero-order chi connectivity index (χ0) is 13.9. The molecule has 0 unspecified atom stereocenters. The van der Waals surface area contributed by atoms with Crippen molar-refractivity contribution in [2.75, 3.05) is 13.1 Å². The van der Waals surface area contributed by atoms with Crippen LogP contribution in [0.15, 0.2) is 40.9 Å². The zero-order valence-electron chi connectivity index (χ0n) is 11.7. The van der Waals surface area contributed by atoms with Crippen LogP contribution in [0, 0.1) is 6.92 Å². The Hall–Kier alpha value is -1.65. The van der Waals surface area contributed by atoms with Gasteiger partial charge in [-0.15, -0.1) is 0 Å². The van der Waals surface area contributed by atoms with Gasteiger partial charge in [-0.3, -0.25) is 4.90 Å². The largest absolute Gasteiger partial charge is 0.387 e. The summed E-state index contributed by atoms with van der Waals surface area (Å²) in [7, 11) is 0. The second-order valence-electron chi connectivity index (χ2n) is 5.44. The van der Waals surface area contributed by atoms with E-state index in [2.05, 4.69) is 10.1 Å². The molecule has 4 nitrogen and oxygen atoms in total. The first-order valence-corrected chi connectivity index (χ1v) is 7.14. The number of aromatic nitrogens is 1. The molecule has 1 fully saturated rings. The molecule has 2 heterocycles. The number of aryl methyl sites for hydroxylation is 1. The fourth-order valence-corrected chi connectivity index (χ4v) is 2.93. The average molecular weight is 272 g/mol. The van der Waals surface area contributed by atoms with E-state index in [1.165, 1.54) is 0 Å². The summed E-state index contributed by atoms with van der Waals surface area (Å²) in [5.74, 6) is 0.843. The second-order valence-corrected chi connectivity index (χ2v) is 5.44. The molecule has 2 atom stereocenters. The van der Waals surface area contributed by atoms with Crippen LogP contribution < -0.4 is 0 Å². The Labute approximate surface area is 119 Å². The predicted molar refractivity (Wildman–Crippen MR) is 76.2 cm³/mol. The van der Waals surface area contributed by atoms with Crippen LogP contribution in [-0.4, -0.2) is 28.3 Å². The fraction of sp³-hybridized carbons (Fsp3) is 0.438. The first kappa shape index (κ1) is 13.3. The van der Waals surface area contributed by atoms with Crippen molar-refractivity contribution in [3.05, 3.63) is 53.4 Å². The number of aliphatic hydroxyl groups excluding tert-OH is 1. The summed E-state index contributed by atoms with van der Waals surface area (Å²) in [5, 5.41) is 14.5. The minimum atomic E-state index is -0.454. The quantitative estimate of drug-likeness (QED) is 0.929. The molecule has 106 valence electrons. The second kappa shape index (κ2) is 5.77. The van der Waals surface area contributed by atoms with E-state index in [1.807, 2.05) is 43.3 Å². The number of likely N-dealkylation sites (tertiary alicyclic amines) is 1. The Morgan fingerprint density at radius 3 is 2.90 bits per heavy atom. The minimum Gasteiger partial charge on any atom is -0.387 e. The van der Waals surface area contributed by atoms with Crippen molar-refractivity contribution in [3.8, 4) is 0 Å². The van der Waals surface area contributed by atoms with Crippen molar-refractivity contribution in [1.82, 2.24) is 10.1 Å². The molecule has 1 saturated heterocycles. The average Bonchev–Trinajstić information content (AvgIpc) is 3.08. The van der Waals surface area contributed by atoms with Crippen molar-refractivity contribution >= 4 is 0 Å². The zero-order valence-corrected chi connectivity index (χ0v) is 11.7. The molecule has 3 rings (SSSR count). The Morgan fingerprint density at radius 2 is 2.20 bits per heavy atom. The molecule has 4 heteroatoms. The van der Waals surface area contributed by atoms with Crippen LogP contribution in [-0.2, 0) is 0 Å². The van der Waals surface area contributed by atoms with Gasteiger partial charge in [-0.2, -0.15) is 0 Å². The standard InChI is InChI=1S/C16H20N2O2/c1-12-10-14(17-20-12)15-8-5-9-18(15)11-16(19)13-6-3-2-4-7-13/h2-4,6-7,10,15-16,19H,5,8-9,11H2,1H3/t15-,16+/m1/s1. The lowest BCUT2D eigenvalue weighted by Crippen LogP contribution is -2.28. The topological polar surface area (TPSA) is 49.5 Å². The number of rotatable bonds is 4. The number of benzene rings is 1. The smallest absolute Gasteiger partial charge is 0.133 e. The lowest BCUT2D eigenvalue weighted by atomic mass is 10.1. The number of β-amino-alcohol motifs (C(OH)–C–C–N with tert-alkyl or cyclic N) is 1. The van der Waals surface area contributed by atoms with Crippen LogP contribution in [0.25, 0.3) is 0 Å². The number of hydrogen-bond acceptors (Lipinski definition) is 4. The van der Waals surface area contributed by atoms with E-state index in [0.29, 0.717) is 6.54 Å². The summed E-state index contributed by atoms with van der Waals surface area (Å²) in [6.07, 6.45) is 1.76. The minimum absolute atomic E-state index is 0.269. The number of nitrogens with zero attached hydrogens (tertiary/aromatic N) is 2. The van der Waals surface area contributed by atoms with Gasteiger partial charge in [-0.25, -0.2) is 0 Å². The summed E-state index contributed by atoms with van der Waals surface area (Å²) < 4.78 is 5.18. The van der Waals surface area contributed by atoms with Gasteiger partial charge in [0.1, 0.15) is 11.5 Å². The lowest BCUT2D eigenvalue weighted by molar-refractivity contribution is 0.104. The Morgan fingerprint density at radius 1 is 1.40 bits per heavy atom. The van der Waals surface area contributed by atoms with Crippen molar-refractivity contribution in [2.45, 2.75) is 31.9 Å². The lowest BCUT2D eigenvalue weighted by Gasteiger charge is -2.25. The van der Waals surface area contributed by atoms with E-state index in [4.69, 9.17) is 4.52 Å². The van der Waals surface area contributed by atoms with Gasteiger partial charge in [-0.1, -0.05) is 35.5 Å². The van der Waals surface area contributed by atoms with E-state index in [-0.39, 0.29) is 6.04 Å². The monoisotopic (exact) mass is 272 g/mol. The van der Waals surface area contributed by atoms with Gasteiger partial charge < -0.3 is 9.63 Å². The highest BCUT2D eigenvalue weighted by Crippen LogP contribution is 2.32. The first-order chi connectivity index (χ1) is 9.74. The van der Waals surface area contributed by atoms with E-state index in [1.54, 1.807) is 0 Å². The SMILES string of the molecule is Cc1cc([C@H]2CCCN2C[C@H](O)c2ccccc2)no1. The highest BCUT2D eigenvalue weighted by atomic mass is 16.5. The van der Waals surface area contributed by atoms with Gasteiger partial charge in [-0.05, 0) is 31.9 Å². The summed E-state index contributed by atoms with van der Waals surface area (Å²) in [5.41, 5.74) is 1.95. The molecule has 0 spiro atoms. The van der Waals surface area contributed by atoms with E-state index < -0.39 is 6.10 Å². The van der Waals surface area contributed by atoms with Gasteiger partial charge in [0.15, 0.2) is 0 Å². The Kier molecular flexibility index (Phi) is 3.85. The van der Waals surface area contributed by atoms with Crippen molar-refractivity contribution in [3.63, 3.8) is 0 Å². The van der Waals surface area contributed by atoms with E-state index in [9.17, 15) is 5.11 Å². The van der Waals surface area contributed by atoms with Crippen molar-refractivity contribution in [1.29, 1.82) is 0 Å². The molecule has 0 bridgehead atoms. The highest BCUT2D eigenvalue weighted by molar-refractivity contribution is 5.18. The van der Waals surface area contributed by atoms with Gasteiger partial charge in [0.2, 0.25) is 0 Å². The van der Waals surface area contributed by atoms with Crippen LogP contribution in [0.5, 0.6) is 0 Å². The van der Waals surface area contributed by atoms with Gasteiger partial charge in [0, 0.05) is 12.6 Å². The van der Waals surface area contributed by atoms with Crippen LogP contribution in [0.4, 0.5) is 0 Å². The predicted octanol–water partition coefficient (Wildman–Crippen LogP) is 2.85. The molecular weight excluding hydrogens is 252 g/mol. The summed E-state index contributed by atoms with van der Waals surface area (Å²) >= 11 is 0. The summed E-state index contributed by atoms with van der Waals surface area (Å²) in [6.45, 7) is 3.55. The molecule has 0 radical (unpaired) electrons.